The van der Waals surface area contributed by atoms with E-state index in [4.69, 9.17) is 0 Å². The number of nitrogens with zero attached hydrogens (tertiary/aromatic N) is 3. The molecule has 1 aliphatic heterocycles. The van der Waals surface area contributed by atoms with Gasteiger partial charge in [-0.3, -0.25) is 4.72 Å². The first-order valence-electron chi connectivity index (χ1n) is 9.07. The van der Waals surface area contributed by atoms with Gasteiger partial charge in [-0.2, -0.15) is 5.26 Å². The van der Waals surface area contributed by atoms with Crippen LogP contribution in [0.1, 0.15) is 34.9 Å². The third kappa shape index (κ3) is 3.39. The van der Waals surface area contributed by atoms with Crippen molar-refractivity contribution in [3.8, 4) is 6.07 Å². The van der Waals surface area contributed by atoms with Crippen LogP contribution in [-0.4, -0.2) is 43.4 Å². The fourth-order valence-corrected chi connectivity index (χ4v) is 6.02. The lowest BCUT2D eigenvalue weighted by Crippen LogP contribution is -2.29. The van der Waals surface area contributed by atoms with E-state index in [0.717, 1.165) is 41.9 Å². The average Bonchev–Trinajstić information content (AvgIpc) is 3.32. The Balaban J connectivity index is 1.62. The SMILES string of the molecule is Cc1ccc(NS(=O)(=O)c2cnc(C3CCN(C)CC3)s2)c2[nH]cc(C#N)c12. The van der Waals surface area contributed by atoms with Gasteiger partial charge in [0.25, 0.3) is 10.0 Å². The molecule has 0 aliphatic carbocycles. The summed E-state index contributed by atoms with van der Waals surface area (Å²) in [4.78, 5) is 9.69. The third-order valence-corrected chi connectivity index (χ3v) is 8.23. The summed E-state index contributed by atoms with van der Waals surface area (Å²) in [6.45, 7) is 3.90. The molecule has 9 heteroatoms. The van der Waals surface area contributed by atoms with Crippen LogP contribution >= 0.6 is 11.3 Å². The van der Waals surface area contributed by atoms with Crippen LogP contribution in [0.5, 0.6) is 0 Å². The maximum Gasteiger partial charge on any atom is 0.273 e. The van der Waals surface area contributed by atoms with Gasteiger partial charge in [-0.1, -0.05) is 6.07 Å². The fraction of sp³-hybridized carbons (Fsp3) is 0.368. The molecule has 1 aromatic carbocycles. The van der Waals surface area contributed by atoms with Crippen LogP contribution in [0.4, 0.5) is 5.69 Å². The predicted octanol–water partition coefficient (Wildman–Crippen LogP) is 3.41. The van der Waals surface area contributed by atoms with E-state index in [1.54, 1.807) is 12.3 Å². The maximum absolute atomic E-state index is 12.9. The van der Waals surface area contributed by atoms with E-state index in [-0.39, 0.29) is 4.21 Å². The van der Waals surface area contributed by atoms with E-state index >= 15 is 0 Å². The van der Waals surface area contributed by atoms with Crippen LogP contribution in [-0.2, 0) is 10.0 Å². The van der Waals surface area contributed by atoms with Gasteiger partial charge in [0.2, 0.25) is 0 Å². The average molecular weight is 416 g/mol. The Labute approximate surface area is 168 Å². The number of aromatic nitrogens is 2. The number of hydrogen-bond donors (Lipinski definition) is 2. The number of rotatable bonds is 4. The molecule has 4 rings (SSSR count). The van der Waals surface area contributed by atoms with Crippen molar-refractivity contribution in [3.63, 3.8) is 0 Å². The van der Waals surface area contributed by atoms with Crippen molar-refractivity contribution in [3.05, 3.63) is 40.7 Å². The molecule has 0 radical (unpaired) electrons. The smallest absolute Gasteiger partial charge is 0.273 e. The van der Waals surface area contributed by atoms with Crippen LogP contribution in [0.2, 0.25) is 0 Å². The molecule has 3 aromatic rings. The van der Waals surface area contributed by atoms with Crippen molar-refractivity contribution < 1.29 is 8.42 Å². The summed E-state index contributed by atoms with van der Waals surface area (Å²) in [7, 11) is -1.66. The number of benzene rings is 1. The van der Waals surface area contributed by atoms with Gasteiger partial charge in [0.15, 0.2) is 4.21 Å². The maximum atomic E-state index is 12.9. The minimum Gasteiger partial charge on any atom is -0.358 e. The fourth-order valence-electron chi connectivity index (χ4n) is 3.63. The van der Waals surface area contributed by atoms with Gasteiger partial charge in [0, 0.05) is 17.5 Å². The Kier molecular flexibility index (Phi) is 4.87. The molecule has 0 bridgehead atoms. The second-order valence-corrected chi connectivity index (χ2v) is 10.2. The zero-order valence-corrected chi connectivity index (χ0v) is 17.3. The van der Waals surface area contributed by atoms with Crippen LogP contribution in [0.15, 0.2) is 28.7 Å². The summed E-state index contributed by atoms with van der Waals surface area (Å²) >= 11 is 1.24. The van der Waals surface area contributed by atoms with E-state index in [9.17, 15) is 13.7 Å². The molecule has 3 heterocycles. The number of anilines is 1. The van der Waals surface area contributed by atoms with Crippen molar-refractivity contribution in [1.82, 2.24) is 14.9 Å². The summed E-state index contributed by atoms with van der Waals surface area (Å²) in [5, 5.41) is 10.9. The highest BCUT2D eigenvalue weighted by Gasteiger charge is 2.25. The van der Waals surface area contributed by atoms with Crippen molar-refractivity contribution in [1.29, 1.82) is 5.26 Å². The molecule has 28 heavy (non-hydrogen) atoms. The summed E-state index contributed by atoms with van der Waals surface area (Å²) in [5.41, 5.74) is 2.45. The third-order valence-electron chi connectivity index (χ3n) is 5.24. The number of likely N-dealkylation sites (tertiary alicyclic amines) is 1. The van der Waals surface area contributed by atoms with E-state index in [1.807, 2.05) is 13.0 Å². The number of nitriles is 1. The van der Waals surface area contributed by atoms with E-state index < -0.39 is 10.0 Å². The minimum absolute atomic E-state index is 0.210. The van der Waals surface area contributed by atoms with Gasteiger partial charge >= 0.3 is 0 Å². The highest BCUT2D eigenvalue weighted by Crippen LogP contribution is 2.34. The molecule has 2 N–H and O–H groups in total. The highest BCUT2D eigenvalue weighted by molar-refractivity contribution is 7.94. The van der Waals surface area contributed by atoms with Crippen LogP contribution in [0.3, 0.4) is 0 Å². The highest BCUT2D eigenvalue weighted by atomic mass is 32.2. The number of thiazole rings is 1. The Morgan fingerprint density at radius 1 is 1.36 bits per heavy atom. The number of sulfonamides is 1. The van der Waals surface area contributed by atoms with Gasteiger partial charge in [0.1, 0.15) is 6.07 Å². The van der Waals surface area contributed by atoms with E-state index in [2.05, 4.69) is 32.7 Å². The quantitative estimate of drug-likeness (QED) is 0.680. The molecular weight excluding hydrogens is 394 g/mol. The molecule has 0 atom stereocenters. The Morgan fingerprint density at radius 3 is 2.82 bits per heavy atom. The summed E-state index contributed by atoms with van der Waals surface area (Å²) in [6.07, 6.45) is 5.03. The minimum atomic E-state index is -3.75. The summed E-state index contributed by atoms with van der Waals surface area (Å²) in [6, 6.07) is 5.66. The predicted molar refractivity (Wildman–Crippen MR) is 110 cm³/mol. The molecule has 1 fully saturated rings. The number of hydrogen-bond acceptors (Lipinski definition) is 6. The normalized spacial score (nSPS) is 16.3. The molecular formula is C19H21N5O2S2. The molecule has 1 aliphatic rings. The first-order valence-corrected chi connectivity index (χ1v) is 11.4. The van der Waals surface area contributed by atoms with Crippen molar-refractivity contribution in [2.45, 2.75) is 29.9 Å². The first kappa shape index (κ1) is 18.9. The number of H-pyrrole nitrogens is 1. The zero-order chi connectivity index (χ0) is 19.9. The van der Waals surface area contributed by atoms with Crippen LogP contribution in [0, 0.1) is 18.3 Å². The Morgan fingerprint density at radius 2 is 2.11 bits per heavy atom. The molecule has 2 aromatic heterocycles. The first-order chi connectivity index (χ1) is 13.4. The number of piperidine rings is 1. The number of nitrogens with one attached hydrogen (secondary N) is 2. The topological polar surface area (TPSA) is 102 Å². The Hall–Kier alpha value is -2.41. The molecule has 0 amide bonds. The Bertz CT molecular complexity index is 1160. The lowest BCUT2D eigenvalue weighted by atomic mass is 9.98. The second-order valence-electron chi connectivity index (χ2n) is 7.19. The number of aryl methyl sites for hydroxylation is 1. The van der Waals surface area contributed by atoms with Gasteiger partial charge in [0.05, 0.1) is 28.0 Å². The van der Waals surface area contributed by atoms with Gasteiger partial charge < -0.3 is 9.88 Å². The molecule has 146 valence electrons. The summed E-state index contributed by atoms with van der Waals surface area (Å²) < 4.78 is 28.7. The van der Waals surface area contributed by atoms with Gasteiger partial charge in [-0.25, -0.2) is 13.4 Å². The largest absolute Gasteiger partial charge is 0.358 e. The number of fused-ring (bicyclic) bond motifs is 1. The number of aromatic amines is 1. The molecule has 1 saturated heterocycles. The second kappa shape index (κ2) is 7.20. The zero-order valence-electron chi connectivity index (χ0n) is 15.7. The van der Waals surface area contributed by atoms with E-state index in [0.29, 0.717) is 22.7 Å². The van der Waals surface area contributed by atoms with Crippen LogP contribution in [0.25, 0.3) is 10.9 Å². The van der Waals surface area contributed by atoms with Crippen molar-refractivity contribution in [2.75, 3.05) is 24.9 Å². The lowest BCUT2D eigenvalue weighted by molar-refractivity contribution is 0.255. The molecule has 0 spiro atoms. The standard InChI is InChI=1S/C19H21N5O2S2/c1-12-3-4-15(18-17(12)14(9-20)10-21-18)23-28(25,26)16-11-22-19(27-16)13-5-7-24(2)8-6-13/h3-4,10-11,13,21,23H,5-8H2,1-2H3. The van der Waals surface area contributed by atoms with E-state index in [1.165, 1.54) is 17.5 Å². The van der Waals surface area contributed by atoms with Crippen molar-refractivity contribution in [2.24, 2.45) is 0 Å². The van der Waals surface area contributed by atoms with Gasteiger partial charge in [-0.15, -0.1) is 11.3 Å². The monoisotopic (exact) mass is 415 g/mol. The van der Waals surface area contributed by atoms with Crippen molar-refractivity contribution >= 4 is 38.0 Å². The van der Waals surface area contributed by atoms with Gasteiger partial charge in [-0.05, 0) is 51.5 Å². The van der Waals surface area contributed by atoms with Crippen LogP contribution < -0.4 is 4.72 Å². The molecule has 0 unspecified atom stereocenters. The molecule has 0 saturated carbocycles. The molecule has 7 nitrogen and oxygen atoms in total. The lowest BCUT2D eigenvalue weighted by Gasteiger charge is -2.27. The summed E-state index contributed by atoms with van der Waals surface area (Å²) in [5.74, 6) is 0.317.